The monoisotopic (exact) mass is 247 g/mol. The SMILES string of the molecule is C[Se]C[C@@H](N)C(O)=[Se]. The fourth-order valence-electron chi connectivity index (χ4n) is 0.251. The summed E-state index contributed by atoms with van der Waals surface area (Å²) in [5, 5.41) is 9.61. The van der Waals surface area contributed by atoms with E-state index < -0.39 is 0 Å². The quantitative estimate of drug-likeness (QED) is 0.636. The predicted molar refractivity (Wildman–Crippen MR) is 37.1 cm³/mol. The van der Waals surface area contributed by atoms with Crippen LogP contribution in [0.5, 0.6) is 0 Å². The van der Waals surface area contributed by atoms with Crippen LogP contribution in [-0.4, -0.2) is 46.3 Å². The van der Waals surface area contributed by atoms with Crippen molar-refractivity contribution in [2.75, 3.05) is 0 Å². The van der Waals surface area contributed by atoms with Crippen molar-refractivity contribution in [3.05, 3.63) is 0 Å². The molecule has 0 amide bonds. The van der Waals surface area contributed by atoms with Crippen molar-refractivity contribution in [2.24, 2.45) is 5.73 Å². The van der Waals surface area contributed by atoms with Gasteiger partial charge >= 0.3 is 63.2 Å². The Morgan fingerprint density at radius 3 is 2.62 bits per heavy atom. The molecule has 0 radical (unpaired) electrons. The Bertz CT molecular complexity index is 86.1. The van der Waals surface area contributed by atoms with E-state index in [4.69, 9.17) is 10.8 Å². The van der Waals surface area contributed by atoms with Crippen molar-refractivity contribution in [3.8, 4) is 0 Å². The molecule has 0 heterocycles. The molecule has 0 aliphatic heterocycles. The van der Waals surface area contributed by atoms with E-state index in [1.54, 1.807) is 0 Å². The van der Waals surface area contributed by atoms with Crippen LogP contribution in [0.15, 0.2) is 0 Å². The molecule has 48 valence electrons. The summed E-state index contributed by atoms with van der Waals surface area (Å²) in [5.74, 6) is 2.09. The minimum atomic E-state index is -0.139. The van der Waals surface area contributed by atoms with Gasteiger partial charge in [0.1, 0.15) is 0 Å². The first-order valence-electron chi connectivity index (χ1n) is 2.15. The normalized spacial score (nSPS) is 13.2. The molecule has 0 bridgehead atoms. The number of aliphatic hydroxyl groups excluding tert-OH is 1. The average Bonchev–Trinajstić information content (AvgIpc) is 1.67. The summed E-state index contributed by atoms with van der Waals surface area (Å²) < 4.78 is 0.230. The van der Waals surface area contributed by atoms with Gasteiger partial charge in [0.05, 0.1) is 0 Å². The van der Waals surface area contributed by atoms with Crippen LogP contribution in [-0.2, 0) is 0 Å². The van der Waals surface area contributed by atoms with Gasteiger partial charge in [-0.25, -0.2) is 0 Å². The molecule has 2 nitrogen and oxygen atoms in total. The summed E-state index contributed by atoms with van der Waals surface area (Å²) in [4.78, 5) is 0. The topological polar surface area (TPSA) is 46.2 Å². The van der Waals surface area contributed by atoms with Crippen LogP contribution >= 0.6 is 0 Å². The Labute approximate surface area is 63.3 Å². The van der Waals surface area contributed by atoms with Crippen molar-refractivity contribution in [1.82, 2.24) is 0 Å². The Morgan fingerprint density at radius 1 is 2.00 bits per heavy atom. The van der Waals surface area contributed by atoms with Crippen molar-refractivity contribution >= 4 is 35.1 Å². The second kappa shape index (κ2) is 4.54. The molecule has 0 saturated carbocycles. The third-order valence-corrected chi connectivity index (χ3v) is 2.75. The molecule has 0 aromatic rings. The van der Waals surface area contributed by atoms with E-state index in [9.17, 15) is 0 Å². The van der Waals surface area contributed by atoms with Crippen LogP contribution in [0.2, 0.25) is 11.1 Å². The number of hydrogen-bond donors (Lipinski definition) is 2. The molecule has 0 saturated heterocycles. The van der Waals surface area contributed by atoms with Gasteiger partial charge in [0.25, 0.3) is 0 Å². The third-order valence-electron chi connectivity index (χ3n) is 0.663. The zero-order valence-electron chi connectivity index (χ0n) is 4.63. The number of aliphatic hydroxyl groups is 1. The molecule has 0 aromatic heterocycles. The third kappa shape index (κ3) is 3.64. The van der Waals surface area contributed by atoms with Crippen molar-refractivity contribution in [3.63, 3.8) is 0 Å². The van der Waals surface area contributed by atoms with E-state index in [-0.39, 0.29) is 10.6 Å². The van der Waals surface area contributed by atoms with Gasteiger partial charge in [0.15, 0.2) is 0 Å². The minimum absolute atomic E-state index is 0.139. The molecule has 0 fully saturated rings. The molecule has 4 heteroatoms. The van der Waals surface area contributed by atoms with Crippen LogP contribution in [0.25, 0.3) is 0 Å². The first-order chi connectivity index (χ1) is 3.68. The number of hydrogen-bond acceptors (Lipinski definition) is 2. The van der Waals surface area contributed by atoms with Gasteiger partial charge < -0.3 is 0 Å². The van der Waals surface area contributed by atoms with Crippen LogP contribution in [0.3, 0.4) is 0 Å². The molecule has 0 aromatic carbocycles. The van der Waals surface area contributed by atoms with E-state index in [0.717, 1.165) is 5.32 Å². The maximum atomic E-state index is 8.70. The maximum absolute atomic E-state index is 8.70. The molecule has 3 N–H and O–H groups in total. The van der Waals surface area contributed by atoms with Crippen molar-refractivity contribution < 1.29 is 5.11 Å². The van der Waals surface area contributed by atoms with Gasteiger partial charge in [0.2, 0.25) is 0 Å². The summed E-state index contributed by atoms with van der Waals surface area (Å²) in [5.41, 5.74) is 5.42. The average molecular weight is 245 g/mol. The number of nitrogens with two attached hydrogens (primary N) is 1. The van der Waals surface area contributed by atoms with Crippen LogP contribution in [0.1, 0.15) is 0 Å². The van der Waals surface area contributed by atoms with Gasteiger partial charge in [0, 0.05) is 0 Å². The van der Waals surface area contributed by atoms with E-state index >= 15 is 0 Å². The summed E-state index contributed by atoms with van der Waals surface area (Å²) in [6, 6.07) is -0.139. The fraction of sp³-hybridized carbons (Fsp3) is 0.750. The molecular formula is C4H9NOSe2. The van der Waals surface area contributed by atoms with E-state index in [1.165, 1.54) is 0 Å². The number of rotatable bonds is 3. The Balaban J connectivity index is 3.32. The first-order valence-corrected chi connectivity index (χ1v) is 5.94. The molecule has 8 heavy (non-hydrogen) atoms. The first kappa shape index (κ1) is 8.67. The van der Waals surface area contributed by atoms with Crippen molar-refractivity contribution in [1.29, 1.82) is 0 Å². The van der Waals surface area contributed by atoms with Gasteiger partial charge in [-0.2, -0.15) is 0 Å². The van der Waals surface area contributed by atoms with Gasteiger partial charge in [-0.15, -0.1) is 0 Å². The van der Waals surface area contributed by atoms with Gasteiger partial charge in [-0.3, -0.25) is 0 Å². The molecule has 0 aliphatic rings. The van der Waals surface area contributed by atoms with Crippen LogP contribution < -0.4 is 5.73 Å². The summed E-state index contributed by atoms with van der Waals surface area (Å²) in [7, 11) is 0. The molecule has 0 rings (SSSR count). The fourth-order valence-corrected chi connectivity index (χ4v) is 2.05. The summed E-state index contributed by atoms with van der Waals surface area (Å²) in [6.07, 6.45) is 0. The zero-order valence-corrected chi connectivity index (χ0v) is 8.05. The second-order valence-electron chi connectivity index (χ2n) is 1.40. The zero-order chi connectivity index (χ0) is 6.57. The molecule has 0 spiro atoms. The van der Waals surface area contributed by atoms with E-state index in [0.29, 0.717) is 15.0 Å². The second-order valence-corrected chi connectivity index (χ2v) is 4.19. The van der Waals surface area contributed by atoms with E-state index in [2.05, 4.69) is 21.4 Å². The van der Waals surface area contributed by atoms with Crippen LogP contribution in [0, 0.1) is 0 Å². The van der Waals surface area contributed by atoms with Crippen molar-refractivity contribution in [2.45, 2.75) is 17.2 Å². The Hall–Kier alpha value is 0.669. The molecular weight excluding hydrogens is 236 g/mol. The Kier molecular flexibility index (Phi) is 4.92. The van der Waals surface area contributed by atoms with Gasteiger partial charge in [-0.1, -0.05) is 0 Å². The molecule has 1 atom stereocenters. The summed E-state index contributed by atoms with van der Waals surface area (Å²) in [6.45, 7) is 0. The summed E-state index contributed by atoms with van der Waals surface area (Å²) >= 11 is 3.03. The molecule has 0 unspecified atom stereocenters. The Morgan fingerprint density at radius 2 is 2.50 bits per heavy atom. The van der Waals surface area contributed by atoms with Crippen LogP contribution in [0.4, 0.5) is 0 Å². The van der Waals surface area contributed by atoms with E-state index in [1.807, 2.05) is 0 Å². The predicted octanol–water partition coefficient (Wildman–Crippen LogP) is -0.845. The van der Waals surface area contributed by atoms with Gasteiger partial charge in [-0.05, 0) is 0 Å². The standard InChI is InChI=1S/C4H9NOSe2/c1-8-2-3(5)4(6)7/h3H,2,5H2,1H3,(H,6,7)/t3-/m1/s1. The molecule has 0 aliphatic carbocycles.